The van der Waals surface area contributed by atoms with Crippen LogP contribution in [0.15, 0.2) is 52.9 Å². The van der Waals surface area contributed by atoms with Crippen LogP contribution in [-0.4, -0.2) is 12.3 Å². The summed E-state index contributed by atoms with van der Waals surface area (Å²) in [5, 5.41) is 4.27. The minimum Gasteiger partial charge on any atom is -0.453 e. The fraction of sp³-hybridized carbons (Fsp3) is 0.167. The van der Waals surface area contributed by atoms with Crippen molar-refractivity contribution in [2.24, 2.45) is 0 Å². The molecule has 0 fully saturated rings. The lowest BCUT2D eigenvalue weighted by Crippen LogP contribution is -2.14. The fourth-order valence-electron chi connectivity index (χ4n) is 3.02. The largest absolute Gasteiger partial charge is 0.453 e. The second kappa shape index (κ2) is 4.48. The Labute approximate surface area is 122 Å². The smallest absolute Gasteiger partial charge is 0.207 e. The Bertz CT molecular complexity index is 847. The van der Waals surface area contributed by atoms with Crippen LogP contribution in [0.4, 0.5) is 5.69 Å². The summed E-state index contributed by atoms with van der Waals surface area (Å²) in [7, 11) is 0. The van der Waals surface area contributed by atoms with Crippen molar-refractivity contribution >= 4 is 22.4 Å². The Morgan fingerprint density at radius 3 is 2.90 bits per heavy atom. The SMILES string of the molecule is Cc1cccc2cc(C(=O)C3CNc4ccccc43)oc12. The third-order valence-electron chi connectivity index (χ3n) is 4.13. The van der Waals surface area contributed by atoms with E-state index < -0.39 is 0 Å². The number of fused-ring (bicyclic) bond motifs is 2. The van der Waals surface area contributed by atoms with Crippen molar-refractivity contribution in [3.63, 3.8) is 0 Å². The summed E-state index contributed by atoms with van der Waals surface area (Å²) < 4.78 is 5.81. The number of ketones is 1. The highest BCUT2D eigenvalue weighted by Crippen LogP contribution is 2.34. The first-order chi connectivity index (χ1) is 10.2. The molecule has 1 aliphatic rings. The van der Waals surface area contributed by atoms with Crippen molar-refractivity contribution in [1.29, 1.82) is 0 Å². The van der Waals surface area contributed by atoms with Gasteiger partial charge in [-0.05, 0) is 30.2 Å². The topological polar surface area (TPSA) is 42.2 Å². The Kier molecular flexibility index (Phi) is 2.61. The fourth-order valence-corrected chi connectivity index (χ4v) is 3.02. The molecule has 0 saturated carbocycles. The summed E-state index contributed by atoms with van der Waals surface area (Å²) in [6, 6.07) is 15.8. The number of rotatable bonds is 2. The molecular formula is C18H15NO2. The molecule has 1 atom stereocenters. The van der Waals surface area contributed by atoms with E-state index in [1.807, 2.05) is 55.5 Å². The molecule has 0 spiro atoms. The molecule has 1 N–H and O–H groups in total. The number of furan rings is 1. The van der Waals surface area contributed by atoms with E-state index >= 15 is 0 Å². The Morgan fingerprint density at radius 2 is 2.05 bits per heavy atom. The number of Topliss-reactive ketones (excluding diaryl/α,β-unsaturated/α-hetero) is 1. The second-order valence-electron chi connectivity index (χ2n) is 5.49. The van der Waals surface area contributed by atoms with Crippen LogP contribution in [0, 0.1) is 6.92 Å². The summed E-state index contributed by atoms with van der Waals surface area (Å²) >= 11 is 0. The maximum absolute atomic E-state index is 12.8. The van der Waals surface area contributed by atoms with Crippen LogP contribution >= 0.6 is 0 Å². The molecule has 2 aromatic carbocycles. The predicted octanol–water partition coefficient (Wildman–Crippen LogP) is 4.13. The molecule has 1 unspecified atom stereocenters. The van der Waals surface area contributed by atoms with Gasteiger partial charge >= 0.3 is 0 Å². The molecule has 0 amide bonds. The lowest BCUT2D eigenvalue weighted by atomic mass is 9.95. The summed E-state index contributed by atoms with van der Waals surface area (Å²) in [4.78, 5) is 12.8. The molecule has 2 heterocycles. The van der Waals surface area contributed by atoms with Crippen LogP contribution in [0.1, 0.15) is 27.6 Å². The molecule has 4 rings (SSSR count). The van der Waals surface area contributed by atoms with Gasteiger partial charge in [0, 0.05) is 17.6 Å². The maximum atomic E-state index is 12.8. The highest BCUT2D eigenvalue weighted by Gasteiger charge is 2.30. The molecule has 0 saturated heterocycles. The normalized spacial score (nSPS) is 16.7. The summed E-state index contributed by atoms with van der Waals surface area (Å²) in [5.74, 6) is 0.327. The van der Waals surface area contributed by atoms with E-state index in [9.17, 15) is 4.79 Å². The van der Waals surface area contributed by atoms with Crippen LogP contribution < -0.4 is 5.32 Å². The minimum absolute atomic E-state index is 0.0445. The first-order valence-electron chi connectivity index (χ1n) is 7.10. The van der Waals surface area contributed by atoms with E-state index in [-0.39, 0.29) is 11.7 Å². The Balaban J connectivity index is 1.76. The number of nitrogens with one attached hydrogen (secondary N) is 1. The number of hydrogen-bond acceptors (Lipinski definition) is 3. The zero-order valence-electron chi connectivity index (χ0n) is 11.7. The van der Waals surface area contributed by atoms with Gasteiger partial charge in [0.05, 0.1) is 5.92 Å². The second-order valence-corrected chi connectivity index (χ2v) is 5.49. The van der Waals surface area contributed by atoms with Gasteiger partial charge in [-0.2, -0.15) is 0 Å². The van der Waals surface area contributed by atoms with E-state index in [1.54, 1.807) is 0 Å². The zero-order valence-corrected chi connectivity index (χ0v) is 11.7. The standard InChI is InChI=1S/C18H15NO2/c1-11-5-4-6-12-9-16(21-18(11)12)17(20)14-10-19-15-8-3-2-7-13(14)15/h2-9,14,19H,10H2,1H3. The highest BCUT2D eigenvalue weighted by molar-refractivity contribution is 6.03. The monoisotopic (exact) mass is 277 g/mol. The molecule has 0 radical (unpaired) electrons. The number of carbonyl (C=O) groups is 1. The molecule has 1 aromatic heterocycles. The van der Waals surface area contributed by atoms with Gasteiger partial charge in [-0.3, -0.25) is 4.79 Å². The summed E-state index contributed by atoms with van der Waals surface area (Å²) in [6.45, 7) is 2.63. The number of aryl methyl sites for hydroxylation is 1. The zero-order chi connectivity index (χ0) is 14.4. The molecule has 3 aromatic rings. The Hall–Kier alpha value is -2.55. The third kappa shape index (κ3) is 1.85. The molecule has 21 heavy (non-hydrogen) atoms. The van der Waals surface area contributed by atoms with Crippen LogP contribution in [0.25, 0.3) is 11.0 Å². The van der Waals surface area contributed by atoms with E-state index in [1.165, 1.54) is 0 Å². The van der Waals surface area contributed by atoms with Gasteiger partial charge in [0.25, 0.3) is 0 Å². The van der Waals surface area contributed by atoms with Gasteiger partial charge in [0.15, 0.2) is 5.76 Å². The van der Waals surface area contributed by atoms with Crippen molar-refractivity contribution in [2.45, 2.75) is 12.8 Å². The Morgan fingerprint density at radius 1 is 1.19 bits per heavy atom. The number of carbonyl (C=O) groups excluding carboxylic acids is 1. The van der Waals surface area contributed by atoms with Crippen molar-refractivity contribution in [2.75, 3.05) is 11.9 Å². The average molecular weight is 277 g/mol. The highest BCUT2D eigenvalue weighted by atomic mass is 16.3. The van der Waals surface area contributed by atoms with Gasteiger partial charge in [-0.15, -0.1) is 0 Å². The first kappa shape index (κ1) is 12.2. The van der Waals surface area contributed by atoms with E-state index in [0.717, 1.165) is 27.8 Å². The van der Waals surface area contributed by atoms with Crippen molar-refractivity contribution in [3.8, 4) is 0 Å². The summed E-state index contributed by atoms with van der Waals surface area (Å²) in [6.07, 6.45) is 0. The van der Waals surface area contributed by atoms with E-state index in [2.05, 4.69) is 5.32 Å². The lowest BCUT2D eigenvalue weighted by Gasteiger charge is -2.06. The number of para-hydroxylation sites is 2. The van der Waals surface area contributed by atoms with Crippen LogP contribution in [-0.2, 0) is 0 Å². The molecule has 104 valence electrons. The maximum Gasteiger partial charge on any atom is 0.207 e. The quantitative estimate of drug-likeness (QED) is 0.716. The van der Waals surface area contributed by atoms with Crippen molar-refractivity contribution in [1.82, 2.24) is 0 Å². The molecule has 1 aliphatic heterocycles. The molecule has 0 bridgehead atoms. The predicted molar refractivity (Wildman–Crippen MR) is 83.0 cm³/mol. The first-order valence-corrected chi connectivity index (χ1v) is 7.10. The van der Waals surface area contributed by atoms with Crippen molar-refractivity contribution < 1.29 is 9.21 Å². The number of hydrogen-bond donors (Lipinski definition) is 1. The van der Waals surface area contributed by atoms with Gasteiger partial charge in [0.2, 0.25) is 5.78 Å². The van der Waals surface area contributed by atoms with Crippen LogP contribution in [0.5, 0.6) is 0 Å². The third-order valence-corrected chi connectivity index (χ3v) is 4.13. The van der Waals surface area contributed by atoms with Crippen molar-refractivity contribution in [3.05, 3.63) is 65.4 Å². The van der Waals surface area contributed by atoms with Crippen LogP contribution in [0.2, 0.25) is 0 Å². The number of anilines is 1. The molecule has 3 heteroatoms. The minimum atomic E-state index is -0.165. The lowest BCUT2D eigenvalue weighted by molar-refractivity contribution is 0.0941. The van der Waals surface area contributed by atoms with Gasteiger partial charge < -0.3 is 9.73 Å². The molecular weight excluding hydrogens is 262 g/mol. The number of benzene rings is 2. The average Bonchev–Trinajstić information content (AvgIpc) is 3.11. The van der Waals surface area contributed by atoms with Gasteiger partial charge in [-0.25, -0.2) is 0 Å². The molecule has 0 aliphatic carbocycles. The van der Waals surface area contributed by atoms with Crippen LogP contribution in [0.3, 0.4) is 0 Å². The molecule has 3 nitrogen and oxygen atoms in total. The summed E-state index contributed by atoms with van der Waals surface area (Å²) in [5.41, 5.74) is 3.96. The van der Waals surface area contributed by atoms with E-state index in [0.29, 0.717) is 12.3 Å². The van der Waals surface area contributed by atoms with Gasteiger partial charge in [0.1, 0.15) is 5.58 Å². The van der Waals surface area contributed by atoms with Gasteiger partial charge in [-0.1, -0.05) is 36.4 Å². The van der Waals surface area contributed by atoms with E-state index in [4.69, 9.17) is 4.42 Å².